The molecule has 4 aromatic rings. The summed E-state index contributed by atoms with van der Waals surface area (Å²) in [6.45, 7) is 7.54. The number of hydrogen-bond donors (Lipinski definition) is 3. The molecule has 1 aromatic carbocycles. The Morgan fingerprint density at radius 3 is 2.56 bits per heavy atom. The molecular formula is C25H27ClFN9. The molecule has 5 rings (SSSR count). The zero-order valence-corrected chi connectivity index (χ0v) is 21.1. The number of aromatic nitrogens is 6. The Morgan fingerprint density at radius 1 is 1.06 bits per heavy atom. The van der Waals surface area contributed by atoms with E-state index in [9.17, 15) is 0 Å². The van der Waals surface area contributed by atoms with E-state index in [-0.39, 0.29) is 17.7 Å². The van der Waals surface area contributed by atoms with Crippen molar-refractivity contribution in [2.45, 2.75) is 39.5 Å². The highest BCUT2D eigenvalue weighted by Gasteiger charge is 2.24. The van der Waals surface area contributed by atoms with Gasteiger partial charge in [0.1, 0.15) is 10.8 Å². The SMILES string of the molecule is Cc1ccc(N2CCC(c3cc(F)c(Nc4ncc(Cl)c(Nc5cc(C)[nH]n5)n4)cc3C)CC2)nn1. The van der Waals surface area contributed by atoms with Gasteiger partial charge in [-0.1, -0.05) is 11.6 Å². The lowest BCUT2D eigenvalue weighted by atomic mass is 9.86. The molecule has 1 fully saturated rings. The first-order chi connectivity index (χ1) is 17.4. The van der Waals surface area contributed by atoms with Crippen molar-refractivity contribution >= 4 is 40.7 Å². The number of piperidine rings is 1. The van der Waals surface area contributed by atoms with E-state index in [1.165, 1.54) is 6.20 Å². The molecule has 3 aromatic heterocycles. The summed E-state index contributed by atoms with van der Waals surface area (Å²) in [5, 5.41) is 21.8. The van der Waals surface area contributed by atoms with Crippen LogP contribution >= 0.6 is 11.6 Å². The average molecular weight is 508 g/mol. The number of halogens is 2. The lowest BCUT2D eigenvalue weighted by molar-refractivity contribution is 0.497. The number of nitrogens with one attached hydrogen (secondary N) is 3. The minimum absolute atomic E-state index is 0.229. The van der Waals surface area contributed by atoms with Gasteiger partial charge in [-0.05, 0) is 74.9 Å². The number of aryl methyl sites for hydroxylation is 3. The van der Waals surface area contributed by atoms with Crippen LogP contribution in [0, 0.1) is 26.6 Å². The summed E-state index contributed by atoms with van der Waals surface area (Å²) >= 11 is 6.24. The number of rotatable bonds is 6. The van der Waals surface area contributed by atoms with Gasteiger partial charge in [0.2, 0.25) is 5.95 Å². The number of benzene rings is 1. The number of nitrogens with zero attached hydrogens (tertiary/aromatic N) is 6. The van der Waals surface area contributed by atoms with Gasteiger partial charge in [0, 0.05) is 24.8 Å². The second-order valence-electron chi connectivity index (χ2n) is 9.06. The van der Waals surface area contributed by atoms with Gasteiger partial charge in [0.15, 0.2) is 17.5 Å². The lowest BCUT2D eigenvalue weighted by Gasteiger charge is -2.33. The largest absolute Gasteiger partial charge is 0.355 e. The van der Waals surface area contributed by atoms with E-state index in [1.54, 1.807) is 6.07 Å². The molecule has 0 saturated carbocycles. The van der Waals surface area contributed by atoms with Gasteiger partial charge in [-0.3, -0.25) is 5.10 Å². The maximum absolute atomic E-state index is 15.2. The van der Waals surface area contributed by atoms with E-state index in [0.717, 1.165) is 54.3 Å². The van der Waals surface area contributed by atoms with Crippen LogP contribution in [0.15, 0.2) is 36.5 Å². The van der Waals surface area contributed by atoms with Crippen LogP contribution in [0.3, 0.4) is 0 Å². The normalized spacial score (nSPS) is 14.2. The first-order valence-corrected chi connectivity index (χ1v) is 12.2. The summed E-state index contributed by atoms with van der Waals surface area (Å²) in [6.07, 6.45) is 3.30. The molecule has 36 heavy (non-hydrogen) atoms. The highest BCUT2D eigenvalue weighted by Crippen LogP contribution is 2.34. The molecule has 0 aliphatic carbocycles. The Bertz CT molecular complexity index is 1360. The summed E-state index contributed by atoms with van der Waals surface area (Å²) in [5.74, 6) is 2.00. The molecule has 0 bridgehead atoms. The highest BCUT2D eigenvalue weighted by molar-refractivity contribution is 6.32. The van der Waals surface area contributed by atoms with Crippen molar-refractivity contribution in [3.63, 3.8) is 0 Å². The summed E-state index contributed by atoms with van der Waals surface area (Å²) in [4.78, 5) is 10.8. The van der Waals surface area contributed by atoms with E-state index in [4.69, 9.17) is 11.6 Å². The Labute approximate surface area is 213 Å². The van der Waals surface area contributed by atoms with Crippen LogP contribution in [0.1, 0.15) is 41.3 Å². The van der Waals surface area contributed by atoms with Gasteiger partial charge >= 0.3 is 0 Å². The van der Waals surface area contributed by atoms with Crippen LogP contribution in [-0.2, 0) is 0 Å². The first-order valence-electron chi connectivity index (χ1n) is 11.8. The molecule has 11 heteroatoms. The van der Waals surface area contributed by atoms with Gasteiger partial charge in [0.25, 0.3) is 0 Å². The standard InChI is InChI=1S/C25H27ClFN9/c1-14-10-21(29-25-28-13-19(26)24(31-25)30-22-11-16(3)33-34-22)20(27)12-18(14)17-6-8-36(9-7-17)23-5-4-15(2)32-35-23/h4-5,10-13,17H,6-9H2,1-3H3,(H3,28,29,30,31,33,34). The smallest absolute Gasteiger partial charge is 0.229 e. The van der Waals surface area contributed by atoms with Crippen molar-refractivity contribution in [1.29, 1.82) is 0 Å². The molecule has 0 radical (unpaired) electrons. The van der Waals surface area contributed by atoms with Crippen LogP contribution in [0.5, 0.6) is 0 Å². The highest BCUT2D eigenvalue weighted by atomic mass is 35.5. The van der Waals surface area contributed by atoms with Crippen LogP contribution in [-0.4, -0.2) is 43.5 Å². The van der Waals surface area contributed by atoms with Crippen LogP contribution in [0.4, 0.5) is 33.5 Å². The van der Waals surface area contributed by atoms with Crippen molar-refractivity contribution in [2.24, 2.45) is 0 Å². The number of aromatic amines is 1. The van der Waals surface area contributed by atoms with Gasteiger partial charge in [0.05, 0.1) is 17.6 Å². The predicted octanol–water partition coefficient (Wildman–Crippen LogP) is 5.58. The minimum Gasteiger partial charge on any atom is -0.355 e. The zero-order valence-electron chi connectivity index (χ0n) is 20.3. The molecule has 3 N–H and O–H groups in total. The Morgan fingerprint density at radius 2 is 1.86 bits per heavy atom. The topological polar surface area (TPSA) is 108 Å². The number of anilines is 5. The van der Waals surface area contributed by atoms with E-state index < -0.39 is 0 Å². The fraction of sp³-hybridized carbons (Fsp3) is 0.320. The molecule has 1 saturated heterocycles. The molecule has 0 unspecified atom stereocenters. The second kappa shape index (κ2) is 10.1. The minimum atomic E-state index is -0.349. The van der Waals surface area contributed by atoms with Gasteiger partial charge in [-0.2, -0.15) is 15.2 Å². The number of hydrogen-bond acceptors (Lipinski definition) is 8. The van der Waals surface area contributed by atoms with Gasteiger partial charge < -0.3 is 15.5 Å². The van der Waals surface area contributed by atoms with Crippen molar-refractivity contribution in [3.05, 3.63) is 69.9 Å². The van der Waals surface area contributed by atoms with E-state index >= 15 is 4.39 Å². The molecule has 0 amide bonds. The summed E-state index contributed by atoms with van der Waals surface area (Å²) in [6, 6.07) is 9.24. The van der Waals surface area contributed by atoms with Crippen molar-refractivity contribution < 1.29 is 4.39 Å². The quantitative estimate of drug-likeness (QED) is 0.310. The van der Waals surface area contributed by atoms with Crippen molar-refractivity contribution in [1.82, 2.24) is 30.4 Å². The molecule has 1 aliphatic rings. The average Bonchev–Trinajstić information content (AvgIpc) is 3.28. The predicted molar refractivity (Wildman–Crippen MR) is 139 cm³/mol. The summed E-state index contributed by atoms with van der Waals surface area (Å²) in [7, 11) is 0. The Hall–Kier alpha value is -3.79. The number of H-pyrrole nitrogens is 1. The second-order valence-corrected chi connectivity index (χ2v) is 9.47. The monoisotopic (exact) mass is 507 g/mol. The van der Waals surface area contributed by atoms with E-state index in [2.05, 4.69) is 45.9 Å². The molecule has 0 spiro atoms. The van der Waals surface area contributed by atoms with Gasteiger partial charge in [-0.15, -0.1) is 5.10 Å². The van der Waals surface area contributed by atoms with E-state index in [0.29, 0.717) is 22.3 Å². The maximum atomic E-state index is 15.2. The lowest BCUT2D eigenvalue weighted by Crippen LogP contribution is -2.33. The molecule has 9 nitrogen and oxygen atoms in total. The molecule has 1 aliphatic heterocycles. The maximum Gasteiger partial charge on any atom is 0.229 e. The molecule has 186 valence electrons. The first kappa shape index (κ1) is 23.9. The fourth-order valence-electron chi connectivity index (χ4n) is 4.45. The van der Waals surface area contributed by atoms with Gasteiger partial charge in [-0.25, -0.2) is 9.37 Å². The van der Waals surface area contributed by atoms with Crippen LogP contribution in [0.2, 0.25) is 5.02 Å². The molecule has 4 heterocycles. The molecule has 0 atom stereocenters. The van der Waals surface area contributed by atoms with Crippen LogP contribution < -0.4 is 15.5 Å². The Balaban J connectivity index is 1.28. The van der Waals surface area contributed by atoms with Crippen LogP contribution in [0.25, 0.3) is 0 Å². The van der Waals surface area contributed by atoms with E-state index in [1.807, 2.05) is 45.0 Å². The third-order valence-electron chi connectivity index (χ3n) is 6.34. The van der Waals surface area contributed by atoms with Crippen molar-refractivity contribution in [2.75, 3.05) is 28.6 Å². The third-order valence-corrected chi connectivity index (χ3v) is 6.62. The van der Waals surface area contributed by atoms with Crippen molar-refractivity contribution in [3.8, 4) is 0 Å². The zero-order chi connectivity index (χ0) is 25.2. The summed E-state index contributed by atoms with van der Waals surface area (Å²) in [5.41, 5.74) is 4.16. The molecular weight excluding hydrogens is 481 g/mol. The fourth-order valence-corrected chi connectivity index (χ4v) is 4.59. The Kier molecular flexibility index (Phi) is 6.69. The third kappa shape index (κ3) is 5.23. The summed E-state index contributed by atoms with van der Waals surface area (Å²) < 4.78 is 15.2.